The van der Waals surface area contributed by atoms with Crippen LogP contribution in [0.3, 0.4) is 0 Å². The quantitative estimate of drug-likeness (QED) is 0.121. The number of benzene rings is 2. The Bertz CT molecular complexity index is 1990. The van der Waals surface area contributed by atoms with Crippen molar-refractivity contribution in [2.24, 2.45) is 0 Å². The molecule has 0 spiro atoms. The molecule has 2 amide bonds. The van der Waals surface area contributed by atoms with E-state index < -0.39 is 28.9 Å². The molecule has 0 radical (unpaired) electrons. The van der Waals surface area contributed by atoms with Crippen molar-refractivity contribution in [3.05, 3.63) is 126 Å². The molecular weight excluding hydrogens is 709 g/mol. The molecule has 51 heavy (non-hydrogen) atoms. The fraction of sp³-hybridized carbons (Fsp3) is 0.314. The fourth-order valence-electron chi connectivity index (χ4n) is 4.85. The summed E-state index contributed by atoms with van der Waals surface area (Å²) in [6.45, 7) is 4.69. The van der Waals surface area contributed by atoms with Crippen molar-refractivity contribution in [1.82, 2.24) is 19.6 Å². The Morgan fingerprint density at radius 2 is 1.43 bits per heavy atom. The van der Waals surface area contributed by atoms with Crippen LogP contribution in [0.4, 0.5) is 8.78 Å². The Labute approximate surface area is 302 Å². The molecule has 0 bridgehead atoms. The average molecular weight is 748 g/mol. The van der Waals surface area contributed by atoms with Crippen LogP contribution < -0.4 is 36.9 Å². The number of nitrogens with zero attached hydrogens (tertiary/aromatic N) is 3. The van der Waals surface area contributed by atoms with E-state index in [-0.39, 0.29) is 63.7 Å². The van der Waals surface area contributed by atoms with Gasteiger partial charge in [-0.25, -0.2) is 8.78 Å². The number of carbonyl (C=O) groups is 2. The number of nitrogen functional groups attached to an aromatic ring is 1. The first-order valence-electron chi connectivity index (χ1n) is 16.2. The van der Waals surface area contributed by atoms with E-state index in [4.69, 9.17) is 38.5 Å². The van der Waals surface area contributed by atoms with E-state index in [2.05, 4.69) is 10.7 Å². The highest BCUT2D eigenvalue weighted by Gasteiger charge is 2.30. The van der Waals surface area contributed by atoms with Crippen molar-refractivity contribution in [1.29, 1.82) is 0 Å². The van der Waals surface area contributed by atoms with E-state index in [0.717, 1.165) is 30.4 Å². The van der Waals surface area contributed by atoms with Crippen LogP contribution in [0.5, 0.6) is 11.5 Å². The van der Waals surface area contributed by atoms with Crippen LogP contribution in [0, 0.1) is 11.6 Å². The molecule has 1 aliphatic rings. The molecule has 0 saturated carbocycles. The highest BCUT2D eigenvalue weighted by Crippen LogP contribution is 2.24. The van der Waals surface area contributed by atoms with Crippen molar-refractivity contribution in [2.75, 3.05) is 31.2 Å². The summed E-state index contributed by atoms with van der Waals surface area (Å²) in [7, 11) is 0. The summed E-state index contributed by atoms with van der Waals surface area (Å²) in [5, 5.41) is 2.49. The maximum Gasteiger partial charge on any atom is 0.278 e. The van der Waals surface area contributed by atoms with Crippen LogP contribution in [0.1, 0.15) is 71.6 Å². The van der Waals surface area contributed by atoms with Gasteiger partial charge >= 0.3 is 0 Å². The second-order valence-corrected chi connectivity index (χ2v) is 12.1. The van der Waals surface area contributed by atoms with Crippen LogP contribution in [-0.4, -0.2) is 45.9 Å². The number of aromatic nitrogens is 2. The lowest BCUT2D eigenvalue weighted by Crippen LogP contribution is -2.46. The average Bonchev–Trinajstić information content (AvgIpc) is 3.11. The van der Waals surface area contributed by atoms with E-state index in [9.17, 15) is 28.0 Å². The standard InChI is InChI=1S/C18H19ClFN3O3.C17H19ClFN3O3/c1-2-3-9-26-17-14(24)7-8-23-16(17)18(25)22(11-21-23)10-12-5-4-6-13(19)15(12)20;1-2-3-9-25-16-13(23)7-8-22(20)15(16)17(24)21-10-11-5-4-6-12(18)14(11)19/h4-8,21H,2-3,9-11H2,1H3;4-8H,2-3,9-10,20H2,1H3,(H,21,24). The van der Waals surface area contributed by atoms with E-state index in [1.165, 1.54) is 52.3 Å². The van der Waals surface area contributed by atoms with Gasteiger partial charge in [0.05, 0.1) is 29.8 Å². The number of nitrogens with two attached hydrogens (primary N) is 1. The molecule has 272 valence electrons. The lowest BCUT2D eigenvalue weighted by molar-refractivity contribution is 0.0705. The van der Waals surface area contributed by atoms with Crippen LogP contribution in [0.2, 0.25) is 10.0 Å². The van der Waals surface area contributed by atoms with Gasteiger partial charge in [-0.2, -0.15) is 0 Å². The van der Waals surface area contributed by atoms with E-state index >= 15 is 0 Å². The smallest absolute Gasteiger partial charge is 0.278 e. The molecule has 2 aromatic carbocycles. The minimum atomic E-state index is -0.647. The van der Waals surface area contributed by atoms with Crippen LogP contribution >= 0.6 is 23.2 Å². The van der Waals surface area contributed by atoms with Crippen molar-refractivity contribution in [3.63, 3.8) is 0 Å². The van der Waals surface area contributed by atoms with Crippen molar-refractivity contribution in [3.8, 4) is 11.5 Å². The van der Waals surface area contributed by atoms with Gasteiger partial charge in [-0.05, 0) is 25.0 Å². The number of hydrogen-bond donors (Lipinski definition) is 3. The summed E-state index contributed by atoms with van der Waals surface area (Å²) < 4.78 is 41.5. The lowest BCUT2D eigenvalue weighted by Gasteiger charge is -2.32. The van der Waals surface area contributed by atoms with Gasteiger partial charge in [-0.15, -0.1) is 0 Å². The number of pyridine rings is 2. The second-order valence-electron chi connectivity index (χ2n) is 11.3. The Morgan fingerprint density at radius 1 is 0.863 bits per heavy atom. The summed E-state index contributed by atoms with van der Waals surface area (Å²) in [6, 6.07) is 11.7. The number of ether oxygens (including phenoxy) is 2. The fourth-order valence-corrected chi connectivity index (χ4v) is 5.24. The molecule has 16 heteroatoms. The topological polar surface area (TPSA) is 150 Å². The number of hydrogen-bond acceptors (Lipinski definition) is 8. The Balaban J connectivity index is 0.000000229. The van der Waals surface area contributed by atoms with Gasteiger partial charge in [0, 0.05) is 42.2 Å². The monoisotopic (exact) mass is 746 g/mol. The molecule has 1 aliphatic heterocycles. The first-order valence-corrected chi connectivity index (χ1v) is 16.9. The Kier molecular flexibility index (Phi) is 13.8. The molecule has 0 fully saturated rings. The highest BCUT2D eigenvalue weighted by molar-refractivity contribution is 6.31. The van der Waals surface area contributed by atoms with Crippen LogP contribution in [-0.2, 0) is 13.1 Å². The molecule has 0 saturated heterocycles. The van der Waals surface area contributed by atoms with Crippen LogP contribution in [0.25, 0.3) is 0 Å². The normalized spacial score (nSPS) is 12.0. The SMILES string of the molecule is CCCCOc1c(C(=O)NCc2cccc(Cl)c2F)n(N)ccc1=O.CCCCOc1c2n(ccc1=O)NCN(Cc1cccc(Cl)c1F)C2=O. The lowest BCUT2D eigenvalue weighted by atomic mass is 10.2. The molecule has 5 rings (SSSR count). The molecule has 0 atom stereocenters. The zero-order valence-corrected chi connectivity index (χ0v) is 29.5. The molecule has 0 aliphatic carbocycles. The van der Waals surface area contributed by atoms with Crippen molar-refractivity contribution < 1.29 is 27.8 Å². The number of nitrogens with one attached hydrogen (secondary N) is 2. The highest BCUT2D eigenvalue weighted by atomic mass is 35.5. The number of carbonyl (C=O) groups excluding carboxylic acids is 2. The van der Waals surface area contributed by atoms with Gasteiger partial charge in [0.15, 0.2) is 22.9 Å². The van der Waals surface area contributed by atoms with Crippen molar-refractivity contribution >= 4 is 35.0 Å². The van der Waals surface area contributed by atoms with Gasteiger partial charge in [0.2, 0.25) is 10.9 Å². The zero-order chi connectivity index (χ0) is 37.1. The first-order chi connectivity index (χ1) is 24.5. The number of fused-ring (bicyclic) bond motifs is 1. The van der Waals surface area contributed by atoms with Gasteiger partial charge in [-0.1, -0.05) is 74.2 Å². The second kappa shape index (κ2) is 18.2. The van der Waals surface area contributed by atoms with Gasteiger partial charge in [-0.3, -0.25) is 28.5 Å². The summed E-state index contributed by atoms with van der Waals surface area (Å²) in [5.74, 6) is 3.42. The Morgan fingerprint density at radius 3 is 2.08 bits per heavy atom. The maximum atomic E-state index is 14.2. The van der Waals surface area contributed by atoms with E-state index in [1.807, 2.05) is 13.8 Å². The van der Waals surface area contributed by atoms with E-state index in [0.29, 0.717) is 18.8 Å². The summed E-state index contributed by atoms with van der Waals surface area (Å²) in [6.07, 6.45) is 6.03. The summed E-state index contributed by atoms with van der Waals surface area (Å²) in [5.41, 5.74) is 2.70. The van der Waals surface area contributed by atoms with Gasteiger partial charge < -0.3 is 31.0 Å². The predicted molar refractivity (Wildman–Crippen MR) is 190 cm³/mol. The first kappa shape index (κ1) is 38.7. The Hall–Kier alpha value is -5.08. The van der Waals surface area contributed by atoms with Gasteiger partial charge in [0.1, 0.15) is 18.3 Å². The van der Waals surface area contributed by atoms with Crippen LogP contribution in [0.15, 0.2) is 70.5 Å². The number of halogens is 4. The summed E-state index contributed by atoms with van der Waals surface area (Å²) >= 11 is 11.5. The minimum Gasteiger partial charge on any atom is -0.487 e. The van der Waals surface area contributed by atoms with E-state index in [1.54, 1.807) is 18.2 Å². The molecular formula is C35H38Cl2F2N6O6. The molecule has 2 aromatic heterocycles. The molecule has 3 heterocycles. The minimum absolute atomic E-state index is 0.000116. The third-order valence-electron chi connectivity index (χ3n) is 7.63. The zero-order valence-electron chi connectivity index (χ0n) is 28.0. The maximum absolute atomic E-state index is 14.2. The molecule has 12 nitrogen and oxygen atoms in total. The van der Waals surface area contributed by atoms with Gasteiger partial charge in [0.25, 0.3) is 11.8 Å². The van der Waals surface area contributed by atoms with Crippen molar-refractivity contribution in [2.45, 2.75) is 52.6 Å². The molecule has 0 unspecified atom stereocenters. The number of rotatable bonds is 13. The third-order valence-corrected chi connectivity index (χ3v) is 8.21. The number of amides is 2. The largest absolute Gasteiger partial charge is 0.487 e. The molecule has 4 N–H and O–H groups in total. The summed E-state index contributed by atoms with van der Waals surface area (Å²) in [4.78, 5) is 51.0. The number of unbranched alkanes of at least 4 members (excludes halogenated alkanes) is 2. The molecule has 4 aromatic rings. The third kappa shape index (κ3) is 9.58. The predicted octanol–water partition coefficient (Wildman–Crippen LogP) is 5.44.